The summed E-state index contributed by atoms with van der Waals surface area (Å²) in [5.74, 6) is 0.572. The molecule has 0 amide bonds. The van der Waals surface area contributed by atoms with Gasteiger partial charge in [0.25, 0.3) is 0 Å². The van der Waals surface area contributed by atoms with Crippen LogP contribution in [0.3, 0.4) is 0 Å². The summed E-state index contributed by atoms with van der Waals surface area (Å²) in [4.78, 5) is 19.8. The smallest absolute Gasteiger partial charge is 0.248 e. The number of nitrogens with two attached hydrogens (primary N) is 1. The Morgan fingerprint density at radius 2 is 1.68 bits per heavy atom. The minimum atomic E-state index is -0.197. The van der Waals surface area contributed by atoms with Crippen LogP contribution in [0.2, 0.25) is 0 Å². The predicted octanol–water partition coefficient (Wildman–Crippen LogP) is 5.30. The summed E-state index contributed by atoms with van der Waals surface area (Å²) in [6.45, 7) is 0. The van der Waals surface area contributed by atoms with E-state index in [1.807, 2.05) is 40.9 Å². The molecule has 180 valence electrons. The lowest BCUT2D eigenvalue weighted by Crippen LogP contribution is -2.43. The minimum absolute atomic E-state index is 0.184. The number of pyridine rings is 3. The summed E-state index contributed by atoms with van der Waals surface area (Å²) in [6.07, 6.45) is 5.14. The number of fused-ring (bicyclic) bond motifs is 3. The summed E-state index contributed by atoms with van der Waals surface area (Å²) in [6, 6.07) is 27.9. The summed E-state index contributed by atoms with van der Waals surface area (Å²) < 4.78 is 1.89. The zero-order chi connectivity index (χ0) is 25.0. The second-order valence-electron chi connectivity index (χ2n) is 9.73. The van der Waals surface area contributed by atoms with Crippen molar-refractivity contribution in [1.29, 1.82) is 0 Å². The minimum Gasteiger partial charge on any atom is -0.321 e. The van der Waals surface area contributed by atoms with Gasteiger partial charge in [0.15, 0.2) is 11.5 Å². The average Bonchev–Trinajstić information content (AvgIpc) is 3.36. The zero-order valence-electron chi connectivity index (χ0n) is 20.1. The maximum Gasteiger partial charge on any atom is 0.248 e. The van der Waals surface area contributed by atoms with Gasteiger partial charge in [0.05, 0.1) is 16.9 Å². The van der Waals surface area contributed by atoms with Crippen LogP contribution in [-0.2, 0) is 5.54 Å². The number of aromatic amines is 1. The molecule has 0 unspecified atom stereocenters. The SMILES string of the molecule is NC1(c2ccc(-c3nc4ccn5c(-c6cccc(=O)[nH]6)nnc5c4cc3-c3ccccc3)cc2)CCC1. The Bertz CT molecular complexity index is 1830. The van der Waals surface area contributed by atoms with Crippen LogP contribution in [0, 0.1) is 0 Å². The fraction of sp³-hybridized carbons (Fsp3) is 0.133. The van der Waals surface area contributed by atoms with Gasteiger partial charge in [-0.2, -0.15) is 0 Å². The molecule has 0 spiro atoms. The highest BCUT2D eigenvalue weighted by molar-refractivity contribution is 5.98. The highest BCUT2D eigenvalue weighted by Gasteiger charge is 2.34. The van der Waals surface area contributed by atoms with Crippen LogP contribution < -0.4 is 11.3 Å². The molecule has 1 saturated carbocycles. The number of nitrogens with zero attached hydrogens (tertiary/aromatic N) is 4. The third-order valence-corrected chi connectivity index (χ3v) is 7.44. The lowest BCUT2D eigenvalue weighted by molar-refractivity contribution is 0.253. The van der Waals surface area contributed by atoms with Crippen LogP contribution >= 0.6 is 0 Å². The van der Waals surface area contributed by atoms with Gasteiger partial charge in [-0.15, -0.1) is 10.2 Å². The van der Waals surface area contributed by atoms with Crippen molar-refractivity contribution in [1.82, 2.24) is 24.6 Å². The molecule has 37 heavy (non-hydrogen) atoms. The van der Waals surface area contributed by atoms with Crippen molar-refractivity contribution >= 4 is 16.6 Å². The molecule has 1 fully saturated rings. The molecule has 3 N–H and O–H groups in total. The number of hydrogen-bond donors (Lipinski definition) is 2. The van der Waals surface area contributed by atoms with Crippen molar-refractivity contribution in [3.05, 3.63) is 107 Å². The van der Waals surface area contributed by atoms with Crippen LogP contribution in [0.1, 0.15) is 24.8 Å². The van der Waals surface area contributed by atoms with Gasteiger partial charge >= 0.3 is 0 Å². The van der Waals surface area contributed by atoms with E-state index in [1.54, 1.807) is 6.07 Å². The van der Waals surface area contributed by atoms with E-state index in [2.05, 4.69) is 57.6 Å². The van der Waals surface area contributed by atoms with Crippen LogP contribution in [0.4, 0.5) is 0 Å². The van der Waals surface area contributed by atoms with Crippen molar-refractivity contribution in [2.45, 2.75) is 24.8 Å². The monoisotopic (exact) mass is 484 g/mol. The highest BCUT2D eigenvalue weighted by atomic mass is 16.1. The highest BCUT2D eigenvalue weighted by Crippen LogP contribution is 2.40. The van der Waals surface area contributed by atoms with Crippen molar-refractivity contribution in [3.8, 4) is 33.9 Å². The zero-order valence-corrected chi connectivity index (χ0v) is 20.1. The van der Waals surface area contributed by atoms with E-state index >= 15 is 0 Å². The van der Waals surface area contributed by atoms with Crippen molar-refractivity contribution in [2.75, 3.05) is 0 Å². The molecule has 7 heteroatoms. The lowest BCUT2D eigenvalue weighted by Gasteiger charge is -2.38. The summed E-state index contributed by atoms with van der Waals surface area (Å²) in [5.41, 5.74) is 13.5. The van der Waals surface area contributed by atoms with Crippen molar-refractivity contribution in [2.24, 2.45) is 5.73 Å². The van der Waals surface area contributed by atoms with E-state index in [0.717, 1.165) is 46.1 Å². The van der Waals surface area contributed by atoms with Gasteiger partial charge in [-0.05, 0) is 48.6 Å². The normalized spacial score (nSPS) is 14.6. The van der Waals surface area contributed by atoms with Gasteiger partial charge < -0.3 is 10.7 Å². The van der Waals surface area contributed by atoms with E-state index in [9.17, 15) is 4.79 Å². The molecule has 0 saturated heterocycles. The largest absolute Gasteiger partial charge is 0.321 e. The molecule has 0 atom stereocenters. The lowest BCUT2D eigenvalue weighted by atomic mass is 9.72. The van der Waals surface area contributed by atoms with E-state index in [0.29, 0.717) is 17.2 Å². The van der Waals surface area contributed by atoms with Gasteiger partial charge in [-0.1, -0.05) is 60.7 Å². The van der Waals surface area contributed by atoms with Gasteiger partial charge in [0, 0.05) is 34.3 Å². The second kappa shape index (κ2) is 8.21. The first kappa shape index (κ1) is 21.6. The molecule has 1 aliphatic carbocycles. The molecule has 1 aliphatic rings. The molecule has 4 aromatic heterocycles. The number of aromatic nitrogens is 5. The molecule has 7 nitrogen and oxygen atoms in total. The Labute approximate surface area is 212 Å². The number of nitrogens with one attached hydrogen (secondary N) is 1. The van der Waals surface area contributed by atoms with Crippen LogP contribution in [-0.4, -0.2) is 24.6 Å². The van der Waals surface area contributed by atoms with E-state index in [-0.39, 0.29) is 11.1 Å². The van der Waals surface area contributed by atoms with E-state index in [1.165, 1.54) is 18.1 Å². The predicted molar refractivity (Wildman–Crippen MR) is 145 cm³/mol. The molecular weight excluding hydrogens is 460 g/mol. The van der Waals surface area contributed by atoms with Crippen molar-refractivity contribution < 1.29 is 0 Å². The summed E-state index contributed by atoms with van der Waals surface area (Å²) >= 11 is 0. The second-order valence-corrected chi connectivity index (χ2v) is 9.73. The summed E-state index contributed by atoms with van der Waals surface area (Å²) in [5, 5.41) is 9.75. The Balaban J connectivity index is 1.43. The first-order valence-electron chi connectivity index (χ1n) is 12.4. The van der Waals surface area contributed by atoms with Gasteiger partial charge in [-0.25, -0.2) is 4.98 Å². The Morgan fingerprint density at radius 1 is 0.865 bits per heavy atom. The maximum atomic E-state index is 11.9. The topological polar surface area (TPSA) is 102 Å². The Kier molecular flexibility index (Phi) is 4.81. The van der Waals surface area contributed by atoms with Gasteiger partial charge in [-0.3, -0.25) is 9.20 Å². The van der Waals surface area contributed by atoms with Crippen LogP contribution in [0.25, 0.3) is 50.5 Å². The summed E-state index contributed by atoms with van der Waals surface area (Å²) in [7, 11) is 0. The first-order chi connectivity index (χ1) is 18.1. The standard InChI is InChI=1S/C30H24N6O/c31-30(15-5-16-30)21-12-10-20(11-13-21)27-22(19-6-2-1-3-7-19)18-23-24(33-27)14-17-36-28(23)34-35-29(36)25-8-4-9-26(37)32-25/h1-4,6-14,17-18H,5,15-16,31H2,(H,32,37). The molecule has 0 aliphatic heterocycles. The Hall–Kier alpha value is -4.62. The fourth-order valence-corrected chi connectivity index (χ4v) is 5.22. The van der Waals surface area contributed by atoms with Gasteiger partial charge in [0.1, 0.15) is 0 Å². The molecule has 6 aromatic rings. The molecular formula is C30H24N6O. The third-order valence-electron chi connectivity index (χ3n) is 7.44. The first-order valence-corrected chi connectivity index (χ1v) is 12.4. The number of benzene rings is 2. The molecule has 0 radical (unpaired) electrons. The number of hydrogen-bond acceptors (Lipinski definition) is 5. The number of H-pyrrole nitrogens is 1. The van der Waals surface area contributed by atoms with Crippen LogP contribution in [0.5, 0.6) is 0 Å². The maximum absolute atomic E-state index is 11.9. The van der Waals surface area contributed by atoms with Crippen molar-refractivity contribution in [3.63, 3.8) is 0 Å². The molecule has 7 rings (SSSR count). The van der Waals surface area contributed by atoms with E-state index < -0.39 is 0 Å². The van der Waals surface area contributed by atoms with Crippen LogP contribution in [0.15, 0.2) is 95.9 Å². The third kappa shape index (κ3) is 3.55. The average molecular weight is 485 g/mol. The molecule has 4 heterocycles. The van der Waals surface area contributed by atoms with E-state index in [4.69, 9.17) is 10.7 Å². The van der Waals surface area contributed by atoms with Gasteiger partial charge in [0.2, 0.25) is 5.56 Å². The number of rotatable bonds is 4. The Morgan fingerprint density at radius 3 is 2.41 bits per heavy atom. The quantitative estimate of drug-likeness (QED) is 0.353. The fourth-order valence-electron chi connectivity index (χ4n) is 5.22. The molecule has 0 bridgehead atoms. The molecule has 2 aromatic carbocycles.